The topological polar surface area (TPSA) is 100 Å². The summed E-state index contributed by atoms with van der Waals surface area (Å²) in [5.74, 6) is -1.28. The molecular weight excluding hydrogens is 279 g/mol. The molecule has 0 aliphatic heterocycles. The molecule has 1 rings (SSSR count). The Morgan fingerprint density at radius 2 is 2.10 bits per heavy atom. The molecule has 0 bridgehead atoms. The number of carbonyl (C=O) groups excluding carboxylic acids is 1. The third-order valence-corrected chi connectivity index (χ3v) is 2.32. The lowest BCUT2D eigenvalue weighted by Gasteiger charge is -2.15. The smallest absolute Gasteiger partial charge is 0.466 e. The molecular formula is C11H14F3N3O3. The van der Waals surface area contributed by atoms with Gasteiger partial charge in [-0.3, -0.25) is 4.79 Å². The van der Waals surface area contributed by atoms with Gasteiger partial charge < -0.3 is 20.9 Å². The van der Waals surface area contributed by atoms with Crippen LogP contribution < -0.4 is 16.2 Å². The van der Waals surface area contributed by atoms with Gasteiger partial charge in [-0.05, 0) is 6.92 Å². The number of nitrogens with zero attached hydrogens (tertiary/aromatic N) is 1. The minimum absolute atomic E-state index is 0.0604. The maximum absolute atomic E-state index is 12.2. The molecule has 0 radical (unpaired) electrons. The van der Waals surface area contributed by atoms with Crippen molar-refractivity contribution in [3.63, 3.8) is 0 Å². The highest BCUT2D eigenvalue weighted by atomic mass is 19.4. The Labute approximate surface area is 112 Å². The van der Waals surface area contributed by atoms with Crippen LogP contribution in [-0.4, -0.2) is 23.9 Å². The van der Waals surface area contributed by atoms with Crippen LogP contribution in [0.4, 0.5) is 18.9 Å². The van der Waals surface area contributed by atoms with E-state index in [-0.39, 0.29) is 36.4 Å². The number of aromatic nitrogens is 1. The number of hydrogen-bond acceptors (Lipinski definition) is 6. The van der Waals surface area contributed by atoms with Gasteiger partial charge in [-0.15, -0.1) is 13.2 Å². The Morgan fingerprint density at radius 1 is 1.45 bits per heavy atom. The van der Waals surface area contributed by atoms with Crippen molar-refractivity contribution in [1.29, 1.82) is 0 Å². The van der Waals surface area contributed by atoms with E-state index in [4.69, 9.17) is 16.2 Å². The molecule has 0 spiro atoms. The van der Waals surface area contributed by atoms with Crippen LogP contribution in [0.15, 0.2) is 6.20 Å². The normalized spacial score (nSPS) is 11.2. The summed E-state index contributed by atoms with van der Waals surface area (Å²) in [6, 6.07) is 0. The highest BCUT2D eigenvalue weighted by Gasteiger charge is 2.33. The number of hydrogen-bond donors (Lipinski definition) is 2. The molecule has 0 saturated carbocycles. The number of halogens is 3. The first-order chi connectivity index (χ1) is 9.28. The minimum atomic E-state index is -4.90. The molecule has 20 heavy (non-hydrogen) atoms. The highest BCUT2D eigenvalue weighted by Crippen LogP contribution is 2.29. The molecule has 4 N–H and O–H groups in total. The average Bonchev–Trinajstić information content (AvgIpc) is 2.31. The van der Waals surface area contributed by atoms with Gasteiger partial charge in [-0.25, -0.2) is 4.98 Å². The maximum atomic E-state index is 12.2. The van der Waals surface area contributed by atoms with E-state index in [0.29, 0.717) is 0 Å². The van der Waals surface area contributed by atoms with Crippen LogP contribution in [0.1, 0.15) is 18.1 Å². The fourth-order valence-electron chi connectivity index (χ4n) is 1.50. The first-order valence-corrected chi connectivity index (χ1v) is 5.66. The van der Waals surface area contributed by atoms with E-state index in [2.05, 4.69) is 9.72 Å². The molecule has 0 aliphatic rings. The number of ether oxygens (including phenoxy) is 2. The quantitative estimate of drug-likeness (QED) is 0.789. The number of carbonyl (C=O) groups is 1. The summed E-state index contributed by atoms with van der Waals surface area (Å²) in [6.07, 6.45) is -4.07. The van der Waals surface area contributed by atoms with Crippen LogP contribution in [0.25, 0.3) is 0 Å². The van der Waals surface area contributed by atoms with Crippen LogP contribution in [0.5, 0.6) is 5.88 Å². The fourth-order valence-corrected chi connectivity index (χ4v) is 1.50. The largest absolute Gasteiger partial charge is 0.574 e. The number of esters is 1. The summed E-state index contributed by atoms with van der Waals surface area (Å²) in [4.78, 5) is 14.8. The Kier molecular flexibility index (Phi) is 5.14. The molecule has 1 aromatic rings. The Bertz CT molecular complexity index is 492. The predicted octanol–water partition coefficient (Wildman–Crippen LogP) is 1.13. The lowest BCUT2D eigenvalue weighted by molar-refractivity contribution is -0.276. The molecule has 112 valence electrons. The van der Waals surface area contributed by atoms with Crippen molar-refractivity contribution in [2.24, 2.45) is 5.73 Å². The van der Waals surface area contributed by atoms with Crippen LogP contribution >= 0.6 is 0 Å². The first-order valence-electron chi connectivity index (χ1n) is 5.66. The van der Waals surface area contributed by atoms with E-state index in [9.17, 15) is 18.0 Å². The molecule has 1 aromatic heterocycles. The fraction of sp³-hybridized carbons (Fsp3) is 0.455. The van der Waals surface area contributed by atoms with Gasteiger partial charge in [-0.1, -0.05) is 0 Å². The summed E-state index contributed by atoms with van der Waals surface area (Å²) in [6.45, 7) is 1.51. The molecule has 0 saturated heterocycles. The Morgan fingerprint density at radius 3 is 2.60 bits per heavy atom. The molecule has 9 heteroatoms. The summed E-state index contributed by atoms with van der Waals surface area (Å²) in [5, 5.41) is 0. The molecule has 0 unspecified atom stereocenters. The zero-order valence-electron chi connectivity index (χ0n) is 10.7. The first kappa shape index (κ1) is 16.0. The van der Waals surface area contributed by atoms with Gasteiger partial charge in [0.2, 0.25) is 5.88 Å². The van der Waals surface area contributed by atoms with E-state index in [1.807, 2.05) is 0 Å². The number of alkyl halides is 3. The second-order valence-electron chi connectivity index (χ2n) is 3.71. The van der Waals surface area contributed by atoms with E-state index in [0.717, 1.165) is 6.20 Å². The Hall–Kier alpha value is -2.03. The van der Waals surface area contributed by atoms with Gasteiger partial charge >= 0.3 is 12.3 Å². The lowest BCUT2D eigenvalue weighted by atomic mass is 10.1. The number of rotatable bonds is 5. The second kappa shape index (κ2) is 6.42. The van der Waals surface area contributed by atoms with E-state index in [1.165, 1.54) is 0 Å². The van der Waals surface area contributed by atoms with Crippen molar-refractivity contribution < 1.29 is 27.4 Å². The zero-order chi connectivity index (χ0) is 15.3. The third-order valence-electron chi connectivity index (χ3n) is 2.32. The van der Waals surface area contributed by atoms with E-state index < -0.39 is 18.2 Å². The Balaban J connectivity index is 3.05. The number of anilines is 1. The van der Waals surface area contributed by atoms with Gasteiger partial charge in [0.05, 0.1) is 18.6 Å². The van der Waals surface area contributed by atoms with Crippen molar-refractivity contribution in [2.45, 2.75) is 26.3 Å². The van der Waals surface area contributed by atoms with Gasteiger partial charge in [0.25, 0.3) is 0 Å². The maximum Gasteiger partial charge on any atom is 0.574 e. The zero-order valence-corrected chi connectivity index (χ0v) is 10.7. The van der Waals surface area contributed by atoms with E-state index in [1.54, 1.807) is 6.92 Å². The lowest BCUT2D eigenvalue weighted by Crippen LogP contribution is -2.21. The summed E-state index contributed by atoms with van der Waals surface area (Å²) in [5.41, 5.74) is 11.1. The third kappa shape index (κ3) is 4.26. The van der Waals surface area contributed by atoms with Crippen LogP contribution in [0.3, 0.4) is 0 Å². The molecule has 0 aliphatic carbocycles. The SMILES string of the molecule is CCOC(=O)Cc1cnc(OC(F)(F)F)c(CN)c1N. The molecule has 0 atom stereocenters. The predicted molar refractivity (Wildman–Crippen MR) is 63.6 cm³/mol. The standard InChI is InChI=1S/C11H14F3N3O3/c1-2-19-8(18)3-6-5-17-10(20-11(12,13)14)7(4-15)9(6)16/h5H,2-4,15H2,1H3,(H2,16,17). The molecule has 6 nitrogen and oxygen atoms in total. The summed E-state index contributed by atoms with van der Waals surface area (Å²) >= 11 is 0. The van der Waals surface area contributed by atoms with Crippen molar-refractivity contribution in [1.82, 2.24) is 4.98 Å². The van der Waals surface area contributed by atoms with Crippen LogP contribution in [0.2, 0.25) is 0 Å². The van der Waals surface area contributed by atoms with Crippen LogP contribution in [0, 0.1) is 0 Å². The molecule has 0 amide bonds. The molecule has 0 fully saturated rings. The monoisotopic (exact) mass is 293 g/mol. The summed E-state index contributed by atoms with van der Waals surface area (Å²) in [7, 11) is 0. The van der Waals surface area contributed by atoms with Gasteiger partial charge in [0, 0.05) is 24.0 Å². The molecule has 1 heterocycles. The van der Waals surface area contributed by atoms with Crippen molar-refractivity contribution in [3.05, 3.63) is 17.3 Å². The number of nitrogens with two attached hydrogens (primary N) is 2. The number of pyridine rings is 1. The number of nitrogen functional groups attached to an aromatic ring is 1. The minimum Gasteiger partial charge on any atom is -0.466 e. The van der Waals surface area contributed by atoms with Gasteiger partial charge in [-0.2, -0.15) is 0 Å². The molecule has 0 aromatic carbocycles. The van der Waals surface area contributed by atoms with E-state index >= 15 is 0 Å². The highest BCUT2D eigenvalue weighted by molar-refractivity contribution is 5.75. The van der Waals surface area contributed by atoms with Crippen molar-refractivity contribution in [3.8, 4) is 5.88 Å². The van der Waals surface area contributed by atoms with Crippen LogP contribution in [-0.2, 0) is 22.5 Å². The van der Waals surface area contributed by atoms with Crippen molar-refractivity contribution in [2.75, 3.05) is 12.3 Å². The average molecular weight is 293 g/mol. The second-order valence-corrected chi connectivity index (χ2v) is 3.71. The van der Waals surface area contributed by atoms with Gasteiger partial charge in [0.15, 0.2) is 0 Å². The van der Waals surface area contributed by atoms with Crippen molar-refractivity contribution >= 4 is 11.7 Å². The van der Waals surface area contributed by atoms with Gasteiger partial charge in [0.1, 0.15) is 0 Å². The summed E-state index contributed by atoms with van der Waals surface area (Å²) < 4.78 is 45.0.